The Morgan fingerprint density at radius 3 is 2.62 bits per heavy atom. The lowest BCUT2D eigenvalue weighted by molar-refractivity contribution is -0.112. The van der Waals surface area contributed by atoms with E-state index in [9.17, 15) is 10.1 Å². The van der Waals surface area contributed by atoms with Crippen LogP contribution in [0.1, 0.15) is 43.7 Å². The highest BCUT2D eigenvalue weighted by atomic mass is 16.5. The smallest absolute Gasteiger partial charge is 0.266 e. The number of amides is 1. The Bertz CT molecular complexity index is 897. The number of unbranched alkanes of at least 4 members (excludes halogenated alkanes) is 3. The summed E-state index contributed by atoms with van der Waals surface area (Å²) < 4.78 is 11.2. The lowest BCUT2D eigenvalue weighted by Gasteiger charge is -2.11. The Morgan fingerprint density at radius 2 is 1.93 bits per heavy atom. The minimum Gasteiger partial charge on any atom is -0.493 e. The number of hydrogen-bond donors (Lipinski definition) is 1. The first-order valence-electron chi connectivity index (χ1n) is 9.88. The number of anilines is 1. The van der Waals surface area contributed by atoms with Crippen LogP contribution in [0.5, 0.6) is 11.5 Å². The summed E-state index contributed by atoms with van der Waals surface area (Å²) in [6.07, 6.45) is 6.06. The van der Waals surface area contributed by atoms with Crippen molar-refractivity contribution >= 4 is 17.7 Å². The van der Waals surface area contributed by atoms with Gasteiger partial charge >= 0.3 is 0 Å². The number of ether oxygens (including phenoxy) is 2. The summed E-state index contributed by atoms with van der Waals surface area (Å²) in [6.45, 7) is 4.71. The van der Waals surface area contributed by atoms with Gasteiger partial charge in [0.15, 0.2) is 11.5 Å². The van der Waals surface area contributed by atoms with Crippen LogP contribution >= 0.6 is 0 Å². The van der Waals surface area contributed by atoms with Crippen molar-refractivity contribution in [1.29, 1.82) is 5.26 Å². The lowest BCUT2D eigenvalue weighted by Crippen LogP contribution is -2.14. The monoisotopic (exact) mass is 392 g/mol. The van der Waals surface area contributed by atoms with Crippen LogP contribution in [-0.4, -0.2) is 19.6 Å². The maximum Gasteiger partial charge on any atom is 0.266 e. The number of para-hydroxylation sites is 1. The van der Waals surface area contributed by atoms with Crippen molar-refractivity contribution in [3.63, 3.8) is 0 Å². The molecule has 0 heterocycles. The fourth-order valence-electron chi connectivity index (χ4n) is 2.82. The van der Waals surface area contributed by atoms with E-state index in [0.29, 0.717) is 29.4 Å². The average molecular weight is 392 g/mol. The normalized spacial score (nSPS) is 10.9. The molecule has 0 spiro atoms. The largest absolute Gasteiger partial charge is 0.493 e. The molecule has 0 aliphatic rings. The van der Waals surface area contributed by atoms with Gasteiger partial charge < -0.3 is 14.8 Å². The Labute approximate surface area is 173 Å². The van der Waals surface area contributed by atoms with Crippen molar-refractivity contribution in [2.24, 2.45) is 0 Å². The van der Waals surface area contributed by atoms with Crippen LogP contribution in [0.3, 0.4) is 0 Å². The van der Waals surface area contributed by atoms with Crippen molar-refractivity contribution in [2.75, 3.05) is 19.0 Å². The SMILES string of the molecule is CCCCCCOc1ccc(/C=C(\C#N)C(=O)Nc2ccccc2C)cc1OC. The van der Waals surface area contributed by atoms with E-state index in [0.717, 1.165) is 18.4 Å². The minimum atomic E-state index is -0.447. The van der Waals surface area contributed by atoms with E-state index in [1.165, 1.54) is 12.8 Å². The molecule has 0 fully saturated rings. The molecule has 2 aromatic rings. The number of benzene rings is 2. The zero-order valence-corrected chi connectivity index (χ0v) is 17.3. The van der Waals surface area contributed by atoms with Crippen molar-refractivity contribution in [1.82, 2.24) is 0 Å². The molecule has 0 aromatic heterocycles. The number of rotatable bonds is 10. The zero-order valence-electron chi connectivity index (χ0n) is 17.3. The highest BCUT2D eigenvalue weighted by Gasteiger charge is 2.12. The number of nitrogens with one attached hydrogen (secondary N) is 1. The molecule has 0 unspecified atom stereocenters. The maximum atomic E-state index is 12.5. The second kappa shape index (κ2) is 11.6. The highest BCUT2D eigenvalue weighted by Crippen LogP contribution is 2.29. The Hall–Kier alpha value is -3.26. The summed E-state index contributed by atoms with van der Waals surface area (Å²) in [5, 5.41) is 12.2. The lowest BCUT2D eigenvalue weighted by atomic mass is 10.1. The third kappa shape index (κ3) is 6.69. The molecule has 5 nitrogen and oxygen atoms in total. The molecule has 0 saturated carbocycles. The topological polar surface area (TPSA) is 71.3 Å². The van der Waals surface area contributed by atoms with Gasteiger partial charge in [0, 0.05) is 5.69 Å². The van der Waals surface area contributed by atoms with Gasteiger partial charge in [0.25, 0.3) is 5.91 Å². The van der Waals surface area contributed by atoms with Crippen LogP contribution in [-0.2, 0) is 4.79 Å². The molecule has 1 N–H and O–H groups in total. The standard InChI is InChI=1S/C24H28N2O3/c1-4-5-6-9-14-29-22-13-12-19(16-23(22)28-3)15-20(17-25)24(27)26-21-11-8-7-10-18(21)2/h7-8,10-13,15-16H,4-6,9,14H2,1-3H3,(H,26,27)/b20-15+. The van der Waals surface area contributed by atoms with Gasteiger partial charge in [-0.3, -0.25) is 4.79 Å². The number of carbonyl (C=O) groups is 1. The quantitative estimate of drug-likeness (QED) is 0.329. The van der Waals surface area contributed by atoms with Gasteiger partial charge in [-0.1, -0.05) is 50.5 Å². The van der Waals surface area contributed by atoms with Crippen molar-refractivity contribution in [3.8, 4) is 17.6 Å². The van der Waals surface area contributed by atoms with Crippen molar-refractivity contribution in [3.05, 3.63) is 59.2 Å². The van der Waals surface area contributed by atoms with Crippen LogP contribution in [0, 0.1) is 18.3 Å². The molecule has 1 amide bonds. The molecule has 2 rings (SSSR count). The Morgan fingerprint density at radius 1 is 1.14 bits per heavy atom. The second-order valence-electron chi connectivity index (χ2n) is 6.76. The Kier molecular flexibility index (Phi) is 8.78. The third-order valence-corrected chi connectivity index (χ3v) is 4.51. The van der Waals surface area contributed by atoms with Crippen LogP contribution in [0.2, 0.25) is 0 Å². The fraction of sp³-hybridized carbons (Fsp3) is 0.333. The molecule has 2 aromatic carbocycles. The van der Waals surface area contributed by atoms with Crippen LogP contribution in [0.4, 0.5) is 5.69 Å². The fourth-order valence-corrected chi connectivity index (χ4v) is 2.82. The number of nitrogens with zero attached hydrogens (tertiary/aromatic N) is 1. The van der Waals surface area contributed by atoms with Gasteiger partial charge in [0.05, 0.1) is 13.7 Å². The predicted octanol–water partition coefficient (Wildman–Crippen LogP) is 5.51. The first-order valence-corrected chi connectivity index (χ1v) is 9.88. The molecule has 152 valence electrons. The third-order valence-electron chi connectivity index (χ3n) is 4.51. The summed E-state index contributed by atoms with van der Waals surface area (Å²) >= 11 is 0. The molecule has 0 saturated heterocycles. The number of aryl methyl sites for hydroxylation is 1. The zero-order chi connectivity index (χ0) is 21.1. The molecular formula is C24H28N2O3. The van der Waals surface area contributed by atoms with Crippen LogP contribution in [0.15, 0.2) is 48.0 Å². The summed E-state index contributed by atoms with van der Waals surface area (Å²) in [6, 6.07) is 14.8. The van der Waals surface area contributed by atoms with E-state index in [-0.39, 0.29) is 5.57 Å². The minimum absolute atomic E-state index is 0.0172. The van der Waals surface area contributed by atoms with Gasteiger partial charge in [-0.2, -0.15) is 5.26 Å². The average Bonchev–Trinajstić information content (AvgIpc) is 2.73. The summed E-state index contributed by atoms with van der Waals surface area (Å²) in [5.41, 5.74) is 2.32. The van der Waals surface area contributed by atoms with E-state index in [1.807, 2.05) is 37.3 Å². The van der Waals surface area contributed by atoms with Crippen molar-refractivity contribution in [2.45, 2.75) is 39.5 Å². The van der Waals surface area contributed by atoms with Gasteiger partial charge in [-0.25, -0.2) is 0 Å². The molecule has 0 aliphatic heterocycles. The van der Waals surface area contributed by atoms with E-state index in [2.05, 4.69) is 12.2 Å². The molecule has 0 radical (unpaired) electrons. The van der Waals surface area contributed by atoms with E-state index in [4.69, 9.17) is 9.47 Å². The first kappa shape index (κ1) is 22.0. The molecule has 0 aliphatic carbocycles. The molecular weight excluding hydrogens is 364 g/mol. The van der Waals surface area contributed by atoms with Crippen molar-refractivity contribution < 1.29 is 14.3 Å². The summed E-state index contributed by atoms with van der Waals surface area (Å²) in [4.78, 5) is 12.5. The van der Waals surface area contributed by atoms with Gasteiger partial charge in [0.1, 0.15) is 11.6 Å². The summed E-state index contributed by atoms with van der Waals surface area (Å²) in [5.74, 6) is 0.784. The maximum absolute atomic E-state index is 12.5. The van der Waals surface area contributed by atoms with E-state index in [1.54, 1.807) is 31.4 Å². The second-order valence-corrected chi connectivity index (χ2v) is 6.76. The number of methoxy groups -OCH3 is 1. The number of hydrogen-bond acceptors (Lipinski definition) is 4. The summed E-state index contributed by atoms with van der Waals surface area (Å²) in [7, 11) is 1.57. The van der Waals surface area contributed by atoms with E-state index < -0.39 is 5.91 Å². The first-order chi connectivity index (χ1) is 14.1. The number of nitriles is 1. The van der Waals surface area contributed by atoms with Crippen LogP contribution < -0.4 is 14.8 Å². The predicted molar refractivity (Wildman–Crippen MR) is 116 cm³/mol. The number of carbonyl (C=O) groups excluding carboxylic acids is 1. The molecule has 5 heteroatoms. The Balaban J connectivity index is 2.11. The van der Waals surface area contributed by atoms with E-state index >= 15 is 0 Å². The van der Waals surface area contributed by atoms with Gasteiger partial charge in [0.2, 0.25) is 0 Å². The van der Waals surface area contributed by atoms with Gasteiger partial charge in [-0.15, -0.1) is 0 Å². The van der Waals surface area contributed by atoms with Gasteiger partial charge in [-0.05, 0) is 48.7 Å². The molecule has 0 bridgehead atoms. The van der Waals surface area contributed by atoms with Crippen LogP contribution in [0.25, 0.3) is 6.08 Å². The molecule has 29 heavy (non-hydrogen) atoms. The molecule has 0 atom stereocenters. The highest BCUT2D eigenvalue weighted by molar-refractivity contribution is 6.10.